The number of nitrogens with one attached hydrogen (secondary N) is 1. The van der Waals surface area contributed by atoms with E-state index in [1.54, 1.807) is 12.1 Å². The molecule has 1 unspecified atom stereocenters. The zero-order valence-electron chi connectivity index (χ0n) is 10.6. The Hall–Kier alpha value is 0.400. The number of halogens is 3. The van der Waals surface area contributed by atoms with Crippen molar-refractivity contribution in [3.8, 4) is 0 Å². The number of benzene rings is 1. The molecule has 0 heterocycles. The Balaban J connectivity index is 2.50. The van der Waals surface area contributed by atoms with Crippen LogP contribution in [0.15, 0.2) is 12.1 Å². The first kappa shape index (κ1) is 16.5. The van der Waals surface area contributed by atoms with E-state index in [1.165, 1.54) is 11.5 Å². The first-order chi connectivity index (χ1) is 8.56. The van der Waals surface area contributed by atoms with E-state index in [0.29, 0.717) is 27.7 Å². The average molecular weight is 327 g/mol. The molecule has 0 radical (unpaired) electrons. The van der Waals surface area contributed by atoms with E-state index >= 15 is 0 Å². The van der Waals surface area contributed by atoms with Gasteiger partial charge in [-0.05, 0) is 37.0 Å². The van der Waals surface area contributed by atoms with Crippen LogP contribution in [-0.2, 0) is 6.54 Å². The summed E-state index contributed by atoms with van der Waals surface area (Å²) in [5.74, 6) is 2.33. The summed E-state index contributed by atoms with van der Waals surface area (Å²) in [5, 5.41) is 5.18. The first-order valence-electron chi connectivity index (χ1n) is 5.99. The van der Waals surface area contributed by atoms with Crippen molar-refractivity contribution in [2.75, 3.05) is 11.5 Å². The van der Waals surface area contributed by atoms with Gasteiger partial charge in [-0.25, -0.2) is 0 Å². The minimum Gasteiger partial charge on any atom is -0.310 e. The smallest absolute Gasteiger partial charge is 0.0652 e. The van der Waals surface area contributed by atoms with E-state index in [2.05, 4.69) is 19.2 Å². The third-order valence-electron chi connectivity index (χ3n) is 2.67. The van der Waals surface area contributed by atoms with E-state index in [9.17, 15) is 0 Å². The molecular weight excluding hydrogens is 309 g/mol. The van der Waals surface area contributed by atoms with Crippen LogP contribution >= 0.6 is 46.6 Å². The molecule has 0 aliphatic heterocycles. The third kappa shape index (κ3) is 5.18. The van der Waals surface area contributed by atoms with Crippen molar-refractivity contribution in [2.45, 2.75) is 32.9 Å². The number of hydrogen-bond acceptors (Lipinski definition) is 2. The van der Waals surface area contributed by atoms with Gasteiger partial charge in [0.25, 0.3) is 0 Å². The maximum Gasteiger partial charge on any atom is 0.0652 e. The van der Waals surface area contributed by atoms with Crippen LogP contribution in [0.3, 0.4) is 0 Å². The Labute approximate surface area is 129 Å². The lowest BCUT2D eigenvalue weighted by Crippen LogP contribution is -2.26. The fourth-order valence-corrected chi connectivity index (χ4v) is 3.00. The lowest BCUT2D eigenvalue weighted by atomic mass is 10.2. The molecule has 1 aromatic carbocycles. The van der Waals surface area contributed by atoms with Gasteiger partial charge in [0.15, 0.2) is 0 Å². The predicted octanol–water partition coefficient (Wildman–Crippen LogP) is 5.27. The van der Waals surface area contributed by atoms with E-state index in [0.717, 1.165) is 12.0 Å². The topological polar surface area (TPSA) is 12.0 Å². The SMILES string of the molecule is CCSCCC(C)NCc1c(Cl)ccc(Cl)c1Cl. The molecule has 0 saturated heterocycles. The Morgan fingerprint density at radius 2 is 1.89 bits per heavy atom. The minimum atomic E-state index is 0.440. The van der Waals surface area contributed by atoms with Crippen molar-refractivity contribution in [3.63, 3.8) is 0 Å². The standard InChI is InChI=1S/C13H18Cl3NS/c1-3-18-7-6-9(2)17-8-10-11(14)4-5-12(15)13(10)16/h4-5,9,17H,3,6-8H2,1-2H3. The Kier molecular flexibility index (Phi) is 7.81. The molecule has 0 aliphatic carbocycles. The van der Waals surface area contributed by atoms with Crippen molar-refractivity contribution >= 4 is 46.6 Å². The lowest BCUT2D eigenvalue weighted by Gasteiger charge is -2.15. The highest BCUT2D eigenvalue weighted by Gasteiger charge is 2.10. The van der Waals surface area contributed by atoms with Gasteiger partial charge in [-0.3, -0.25) is 0 Å². The van der Waals surface area contributed by atoms with Crippen molar-refractivity contribution in [1.29, 1.82) is 0 Å². The monoisotopic (exact) mass is 325 g/mol. The van der Waals surface area contributed by atoms with Crippen molar-refractivity contribution in [1.82, 2.24) is 5.32 Å². The van der Waals surface area contributed by atoms with Gasteiger partial charge in [-0.1, -0.05) is 41.7 Å². The number of rotatable bonds is 7. The van der Waals surface area contributed by atoms with Crippen LogP contribution in [0.4, 0.5) is 0 Å². The summed E-state index contributed by atoms with van der Waals surface area (Å²) in [5.41, 5.74) is 0.876. The normalized spacial score (nSPS) is 12.7. The molecule has 0 amide bonds. The van der Waals surface area contributed by atoms with Crippen LogP contribution in [-0.4, -0.2) is 17.5 Å². The predicted molar refractivity (Wildman–Crippen MR) is 85.4 cm³/mol. The van der Waals surface area contributed by atoms with Gasteiger partial charge in [-0.15, -0.1) is 0 Å². The van der Waals surface area contributed by atoms with Gasteiger partial charge < -0.3 is 5.32 Å². The molecule has 5 heteroatoms. The van der Waals surface area contributed by atoms with Crippen LogP contribution in [0.1, 0.15) is 25.8 Å². The molecule has 102 valence electrons. The third-order valence-corrected chi connectivity index (χ3v) is 4.80. The van der Waals surface area contributed by atoms with E-state index in [4.69, 9.17) is 34.8 Å². The molecule has 18 heavy (non-hydrogen) atoms. The molecule has 0 aliphatic rings. The molecule has 1 rings (SSSR count). The number of thioether (sulfide) groups is 1. The molecule has 0 fully saturated rings. The van der Waals surface area contributed by atoms with Gasteiger partial charge in [0.2, 0.25) is 0 Å². The molecule has 1 atom stereocenters. The molecule has 0 bridgehead atoms. The fraction of sp³-hybridized carbons (Fsp3) is 0.538. The molecular formula is C13H18Cl3NS. The van der Waals surface area contributed by atoms with Crippen molar-refractivity contribution < 1.29 is 0 Å². The summed E-state index contributed by atoms with van der Waals surface area (Å²) >= 11 is 20.2. The summed E-state index contributed by atoms with van der Waals surface area (Å²) < 4.78 is 0. The largest absolute Gasteiger partial charge is 0.310 e. The Morgan fingerprint density at radius 1 is 1.22 bits per heavy atom. The second-order valence-corrected chi connectivity index (χ2v) is 6.68. The van der Waals surface area contributed by atoms with Crippen LogP contribution < -0.4 is 5.32 Å². The highest BCUT2D eigenvalue weighted by Crippen LogP contribution is 2.31. The molecule has 1 N–H and O–H groups in total. The maximum atomic E-state index is 6.15. The Morgan fingerprint density at radius 3 is 2.56 bits per heavy atom. The minimum absolute atomic E-state index is 0.440. The van der Waals surface area contributed by atoms with Crippen molar-refractivity contribution in [3.05, 3.63) is 32.8 Å². The molecule has 0 aromatic heterocycles. The second kappa shape index (κ2) is 8.55. The van der Waals surface area contributed by atoms with E-state index < -0.39 is 0 Å². The summed E-state index contributed by atoms with van der Waals surface area (Å²) in [6.45, 7) is 4.99. The highest BCUT2D eigenvalue weighted by atomic mass is 35.5. The highest BCUT2D eigenvalue weighted by molar-refractivity contribution is 7.99. The average Bonchev–Trinajstić information content (AvgIpc) is 2.34. The van der Waals surface area contributed by atoms with E-state index in [-0.39, 0.29) is 0 Å². The van der Waals surface area contributed by atoms with Gasteiger partial charge in [0.1, 0.15) is 0 Å². The number of hydrogen-bond donors (Lipinski definition) is 1. The summed E-state index contributed by atoms with van der Waals surface area (Å²) in [4.78, 5) is 0. The van der Waals surface area contributed by atoms with Crippen LogP contribution in [0, 0.1) is 0 Å². The maximum absolute atomic E-state index is 6.15. The van der Waals surface area contributed by atoms with E-state index in [1.807, 2.05) is 11.8 Å². The van der Waals surface area contributed by atoms with Crippen molar-refractivity contribution in [2.24, 2.45) is 0 Å². The first-order valence-corrected chi connectivity index (χ1v) is 8.28. The lowest BCUT2D eigenvalue weighted by molar-refractivity contribution is 0.537. The zero-order chi connectivity index (χ0) is 13.5. The molecule has 0 saturated carbocycles. The van der Waals surface area contributed by atoms with Crippen LogP contribution in [0.2, 0.25) is 15.1 Å². The molecule has 1 nitrogen and oxygen atoms in total. The fourth-order valence-electron chi connectivity index (χ4n) is 1.51. The van der Waals surface area contributed by atoms with Gasteiger partial charge in [-0.2, -0.15) is 11.8 Å². The van der Waals surface area contributed by atoms with Gasteiger partial charge in [0.05, 0.1) is 10.0 Å². The molecule has 1 aromatic rings. The van der Waals surface area contributed by atoms with Gasteiger partial charge in [0, 0.05) is 23.2 Å². The molecule has 0 spiro atoms. The quantitative estimate of drug-likeness (QED) is 0.541. The second-order valence-electron chi connectivity index (χ2n) is 4.09. The Bertz CT molecular complexity index is 385. The summed E-state index contributed by atoms with van der Waals surface area (Å²) in [6, 6.07) is 3.94. The zero-order valence-corrected chi connectivity index (χ0v) is 13.7. The van der Waals surface area contributed by atoms with Crippen LogP contribution in [0.25, 0.3) is 0 Å². The summed E-state index contributed by atoms with van der Waals surface area (Å²) in [6.07, 6.45) is 1.13. The van der Waals surface area contributed by atoms with Gasteiger partial charge >= 0.3 is 0 Å². The van der Waals surface area contributed by atoms with Crippen LogP contribution in [0.5, 0.6) is 0 Å². The summed E-state index contributed by atoms with van der Waals surface area (Å²) in [7, 11) is 0.